The minimum atomic E-state index is -0.842. The van der Waals surface area contributed by atoms with Crippen molar-refractivity contribution < 1.29 is 15.0 Å². The van der Waals surface area contributed by atoms with Crippen molar-refractivity contribution in [3.63, 3.8) is 0 Å². The van der Waals surface area contributed by atoms with Gasteiger partial charge in [-0.1, -0.05) is 343 Å². The summed E-state index contributed by atoms with van der Waals surface area (Å²) in [7, 11) is 0. The van der Waals surface area contributed by atoms with Crippen LogP contribution in [0.3, 0.4) is 0 Å². The highest BCUT2D eigenvalue weighted by molar-refractivity contribution is 5.76. The molecule has 0 rings (SSSR count). The van der Waals surface area contributed by atoms with Crippen LogP contribution < -0.4 is 5.32 Å². The predicted molar refractivity (Wildman–Crippen MR) is 331 cm³/mol. The number of nitrogens with one attached hydrogen (secondary N) is 1. The Morgan fingerprint density at radius 1 is 0.338 bits per heavy atom. The number of aliphatic hydroxyl groups excluding tert-OH is 2. The first-order valence-corrected chi connectivity index (χ1v) is 32.8. The van der Waals surface area contributed by atoms with Crippen molar-refractivity contribution in [2.45, 2.75) is 347 Å². The van der Waals surface area contributed by atoms with Gasteiger partial charge in [-0.05, 0) is 70.6 Å². The normalized spacial score (nSPS) is 13.3. The Bertz CT molecular complexity index is 1310. The van der Waals surface area contributed by atoms with E-state index >= 15 is 0 Å². The minimum absolute atomic E-state index is 0.0597. The second-order valence-corrected chi connectivity index (χ2v) is 22.2. The van der Waals surface area contributed by atoms with Crippen LogP contribution in [0.4, 0.5) is 0 Å². The Kier molecular flexibility index (Phi) is 62.7. The number of rotatable bonds is 60. The molecule has 0 aromatic rings. The molecule has 4 nitrogen and oxygen atoms in total. The molecule has 0 heterocycles. The molecule has 4 heteroatoms. The molecule has 0 radical (unpaired) electrons. The average Bonchev–Trinajstić information content (AvgIpc) is 3.40. The molecule has 0 saturated heterocycles. The number of hydrogen-bond donors (Lipinski definition) is 3. The van der Waals surface area contributed by atoms with Crippen molar-refractivity contribution in [3.8, 4) is 0 Å². The number of carbonyl (C=O) groups excluding carboxylic acids is 1. The van der Waals surface area contributed by atoms with E-state index in [0.717, 1.165) is 64.2 Å². The summed E-state index contributed by atoms with van der Waals surface area (Å²) < 4.78 is 0. The van der Waals surface area contributed by atoms with E-state index in [4.69, 9.17) is 0 Å². The highest BCUT2D eigenvalue weighted by Crippen LogP contribution is 2.18. The van der Waals surface area contributed by atoms with Crippen molar-refractivity contribution in [2.75, 3.05) is 6.61 Å². The maximum atomic E-state index is 12.5. The third-order valence-corrected chi connectivity index (χ3v) is 14.9. The molecule has 1 amide bonds. The molecule has 2 atom stereocenters. The lowest BCUT2D eigenvalue weighted by atomic mass is 10.0. The van der Waals surface area contributed by atoms with Gasteiger partial charge in [0.15, 0.2) is 0 Å². The van der Waals surface area contributed by atoms with Gasteiger partial charge in [-0.2, -0.15) is 0 Å². The van der Waals surface area contributed by atoms with E-state index in [0.29, 0.717) is 6.42 Å². The maximum Gasteiger partial charge on any atom is 0.220 e. The second kappa shape index (κ2) is 64.9. The summed E-state index contributed by atoms with van der Waals surface area (Å²) in [6.45, 7) is 4.22. The summed E-state index contributed by atoms with van der Waals surface area (Å²) >= 11 is 0. The van der Waals surface area contributed by atoms with Gasteiger partial charge < -0.3 is 15.5 Å². The van der Waals surface area contributed by atoms with Gasteiger partial charge in [-0.25, -0.2) is 0 Å². The quantitative estimate of drug-likeness (QED) is 0.0420. The molecular formula is C70H127NO3. The van der Waals surface area contributed by atoms with Crippen molar-refractivity contribution in [3.05, 3.63) is 85.1 Å². The smallest absolute Gasteiger partial charge is 0.220 e. The lowest BCUT2D eigenvalue weighted by Gasteiger charge is -2.20. The molecule has 0 aromatic heterocycles. The van der Waals surface area contributed by atoms with Crippen LogP contribution in [-0.2, 0) is 4.79 Å². The van der Waals surface area contributed by atoms with Gasteiger partial charge in [0.2, 0.25) is 5.91 Å². The molecule has 430 valence electrons. The Balaban J connectivity index is 3.46. The van der Waals surface area contributed by atoms with E-state index in [1.54, 1.807) is 6.08 Å². The van der Waals surface area contributed by atoms with Crippen LogP contribution in [0.1, 0.15) is 335 Å². The molecule has 0 spiro atoms. The summed E-state index contributed by atoms with van der Waals surface area (Å²) in [6.07, 6.45) is 95.0. The Hall–Kier alpha value is -2.43. The van der Waals surface area contributed by atoms with Crippen LogP contribution in [-0.4, -0.2) is 34.9 Å². The van der Waals surface area contributed by atoms with Gasteiger partial charge in [0, 0.05) is 6.42 Å². The first-order valence-electron chi connectivity index (χ1n) is 32.8. The SMILES string of the molecule is CC/C=C\C/C=C\C/C=C\C/C=C\C/C=C\C/C=C\CCCCCCCCCCCCCCCCCCCCCCC(=O)NC(CO)C(O)/C=C/CCCCCCCCCCCCCCCCCCCCCCC. The molecule has 74 heavy (non-hydrogen) atoms. The van der Waals surface area contributed by atoms with E-state index in [1.165, 1.54) is 250 Å². The fraction of sp³-hybridized carbons (Fsp3) is 0.786. The summed E-state index contributed by atoms with van der Waals surface area (Å²) in [6, 6.07) is -0.625. The zero-order valence-corrected chi connectivity index (χ0v) is 49.6. The summed E-state index contributed by atoms with van der Waals surface area (Å²) in [5, 5.41) is 23.3. The zero-order valence-electron chi connectivity index (χ0n) is 49.6. The summed E-state index contributed by atoms with van der Waals surface area (Å²) in [4.78, 5) is 12.5. The van der Waals surface area contributed by atoms with Gasteiger partial charge in [-0.3, -0.25) is 4.79 Å². The molecule has 0 aliphatic heterocycles. The number of hydrogen-bond acceptors (Lipinski definition) is 3. The lowest BCUT2D eigenvalue weighted by Crippen LogP contribution is -2.45. The number of amides is 1. The van der Waals surface area contributed by atoms with E-state index in [9.17, 15) is 15.0 Å². The fourth-order valence-electron chi connectivity index (χ4n) is 9.95. The minimum Gasteiger partial charge on any atom is -0.394 e. The van der Waals surface area contributed by atoms with E-state index in [-0.39, 0.29) is 12.5 Å². The maximum absolute atomic E-state index is 12.5. The van der Waals surface area contributed by atoms with Crippen LogP contribution in [0.2, 0.25) is 0 Å². The van der Waals surface area contributed by atoms with Gasteiger partial charge >= 0.3 is 0 Å². The van der Waals surface area contributed by atoms with Crippen molar-refractivity contribution >= 4 is 5.91 Å². The van der Waals surface area contributed by atoms with Crippen LogP contribution in [0.25, 0.3) is 0 Å². The fourth-order valence-corrected chi connectivity index (χ4v) is 9.95. The second-order valence-electron chi connectivity index (χ2n) is 22.2. The molecule has 3 N–H and O–H groups in total. The van der Waals surface area contributed by atoms with Crippen LogP contribution in [0.5, 0.6) is 0 Å². The topological polar surface area (TPSA) is 69.6 Å². The highest BCUT2D eigenvalue weighted by Gasteiger charge is 2.18. The number of aliphatic hydroxyl groups is 2. The van der Waals surface area contributed by atoms with E-state index in [2.05, 4.69) is 92.1 Å². The molecular weight excluding hydrogens is 903 g/mol. The van der Waals surface area contributed by atoms with Crippen LogP contribution in [0.15, 0.2) is 85.1 Å². The Labute approximate surface area is 462 Å². The predicted octanol–water partition coefficient (Wildman–Crippen LogP) is 22.3. The average molecular weight is 1030 g/mol. The van der Waals surface area contributed by atoms with Gasteiger partial charge in [-0.15, -0.1) is 0 Å². The number of carbonyl (C=O) groups is 1. The third kappa shape index (κ3) is 60.4. The van der Waals surface area contributed by atoms with Crippen LogP contribution in [0, 0.1) is 0 Å². The third-order valence-electron chi connectivity index (χ3n) is 14.9. The largest absolute Gasteiger partial charge is 0.394 e. The monoisotopic (exact) mass is 1030 g/mol. The zero-order chi connectivity index (χ0) is 53.4. The highest BCUT2D eigenvalue weighted by atomic mass is 16.3. The van der Waals surface area contributed by atoms with Crippen LogP contribution >= 0.6 is 0 Å². The number of allylic oxidation sites excluding steroid dienone is 13. The summed E-state index contributed by atoms with van der Waals surface area (Å²) in [5.74, 6) is -0.0597. The molecule has 0 aromatic carbocycles. The molecule has 2 unspecified atom stereocenters. The van der Waals surface area contributed by atoms with Gasteiger partial charge in [0.1, 0.15) is 0 Å². The van der Waals surface area contributed by atoms with Crippen molar-refractivity contribution in [1.29, 1.82) is 0 Å². The molecule has 0 bridgehead atoms. The standard InChI is InChI=1S/C70H127NO3/c1-3-5-7-9-11-13-15-17-19-21-23-25-27-28-29-30-31-32-33-34-35-36-37-38-39-40-41-42-44-46-48-50-52-54-56-58-60-62-64-66-70(74)71-68(67-72)69(73)65-63-61-59-57-55-53-51-49-47-45-43-26-24-22-20-18-16-14-12-10-8-6-4-2/h5,7,11,13,17,19,23,25,28-29,31-32,63,65,68-69,72-73H,3-4,6,8-10,12,14-16,18,20-22,24,26-27,30,33-62,64,66-67H2,1-2H3,(H,71,74)/b7-5-,13-11-,19-17-,25-23-,29-28-,32-31-,65-63+. The van der Waals surface area contributed by atoms with Crippen molar-refractivity contribution in [2.24, 2.45) is 0 Å². The first kappa shape index (κ1) is 71.6. The molecule has 0 aliphatic carbocycles. The Morgan fingerprint density at radius 2 is 0.595 bits per heavy atom. The Morgan fingerprint density at radius 3 is 0.892 bits per heavy atom. The number of unbranched alkanes of at least 4 members (excludes halogenated alkanes) is 41. The van der Waals surface area contributed by atoms with Gasteiger partial charge in [0.05, 0.1) is 18.8 Å². The molecule has 0 aliphatic rings. The lowest BCUT2D eigenvalue weighted by molar-refractivity contribution is -0.123. The van der Waals surface area contributed by atoms with E-state index in [1.807, 2.05) is 6.08 Å². The van der Waals surface area contributed by atoms with E-state index < -0.39 is 12.1 Å². The molecule has 0 saturated carbocycles. The first-order chi connectivity index (χ1) is 36.7. The van der Waals surface area contributed by atoms with Crippen molar-refractivity contribution in [1.82, 2.24) is 5.32 Å². The van der Waals surface area contributed by atoms with Gasteiger partial charge in [0.25, 0.3) is 0 Å². The molecule has 0 fully saturated rings. The summed E-state index contributed by atoms with van der Waals surface area (Å²) in [5.41, 5.74) is 0.